The van der Waals surface area contributed by atoms with Crippen LogP contribution in [-0.2, 0) is 16.0 Å². The first kappa shape index (κ1) is 11.6. The Morgan fingerprint density at radius 2 is 2.53 bits per heavy atom. The number of carbonyl (C=O) groups is 1. The highest BCUT2D eigenvalue weighted by Crippen LogP contribution is 1.87. The first-order valence-corrected chi connectivity index (χ1v) is 5.01. The zero-order chi connectivity index (χ0) is 10.9. The van der Waals surface area contributed by atoms with Gasteiger partial charge in [0.05, 0.1) is 6.61 Å². The molecule has 15 heavy (non-hydrogen) atoms. The van der Waals surface area contributed by atoms with Crippen molar-refractivity contribution >= 4 is 5.91 Å². The molecule has 0 radical (unpaired) electrons. The molecule has 1 rings (SSSR count). The minimum absolute atomic E-state index is 0.00275. The molecule has 0 unspecified atom stereocenters. The van der Waals surface area contributed by atoms with Crippen LogP contribution in [0.4, 0.5) is 0 Å². The summed E-state index contributed by atoms with van der Waals surface area (Å²) >= 11 is 0. The third-order valence-electron chi connectivity index (χ3n) is 1.83. The summed E-state index contributed by atoms with van der Waals surface area (Å²) in [4.78, 5) is 15.2. The van der Waals surface area contributed by atoms with Crippen LogP contribution in [-0.4, -0.2) is 40.8 Å². The molecule has 1 amide bonds. The molecule has 0 saturated heterocycles. The molecule has 0 aliphatic carbocycles. The Balaban J connectivity index is 2.02. The lowest BCUT2D eigenvalue weighted by Gasteiger charge is -2.03. The van der Waals surface area contributed by atoms with Gasteiger partial charge in [0.15, 0.2) is 0 Å². The Labute approximate surface area is 88.4 Å². The normalized spacial score (nSPS) is 10.2. The van der Waals surface area contributed by atoms with E-state index in [1.807, 2.05) is 6.92 Å². The van der Waals surface area contributed by atoms with Gasteiger partial charge in [-0.1, -0.05) is 0 Å². The van der Waals surface area contributed by atoms with E-state index in [2.05, 4.69) is 20.5 Å². The van der Waals surface area contributed by atoms with Gasteiger partial charge in [-0.15, -0.1) is 0 Å². The summed E-state index contributed by atoms with van der Waals surface area (Å²) in [5.74, 6) is 0.781. The van der Waals surface area contributed by atoms with E-state index in [4.69, 9.17) is 4.74 Å². The smallest absolute Gasteiger partial charge is 0.222 e. The average molecular weight is 212 g/mol. The molecular formula is C9H16N4O2. The molecular weight excluding hydrogens is 196 g/mol. The van der Waals surface area contributed by atoms with E-state index >= 15 is 0 Å². The number of rotatable bonds is 7. The molecule has 1 aromatic heterocycles. The maximum absolute atomic E-state index is 11.2. The van der Waals surface area contributed by atoms with Gasteiger partial charge in [0.2, 0.25) is 5.91 Å². The number of carbonyl (C=O) groups excluding carboxylic acids is 1. The third kappa shape index (κ3) is 5.11. The highest BCUT2D eigenvalue weighted by atomic mass is 16.5. The number of H-pyrrole nitrogens is 1. The second-order valence-corrected chi connectivity index (χ2v) is 2.98. The van der Waals surface area contributed by atoms with Crippen LogP contribution < -0.4 is 5.32 Å². The molecule has 6 nitrogen and oxygen atoms in total. The van der Waals surface area contributed by atoms with Crippen molar-refractivity contribution in [1.82, 2.24) is 20.5 Å². The Morgan fingerprint density at radius 3 is 3.20 bits per heavy atom. The minimum atomic E-state index is 0.00275. The van der Waals surface area contributed by atoms with Gasteiger partial charge in [-0.25, -0.2) is 4.98 Å². The van der Waals surface area contributed by atoms with E-state index in [9.17, 15) is 4.79 Å². The molecule has 0 aliphatic heterocycles. The number of hydrogen-bond acceptors (Lipinski definition) is 4. The van der Waals surface area contributed by atoms with Gasteiger partial charge in [0, 0.05) is 26.0 Å². The highest BCUT2D eigenvalue weighted by Gasteiger charge is 2.01. The van der Waals surface area contributed by atoms with E-state index in [0.29, 0.717) is 32.6 Å². The molecule has 6 heteroatoms. The number of aromatic amines is 1. The van der Waals surface area contributed by atoms with Crippen molar-refractivity contribution in [2.75, 3.05) is 19.8 Å². The second kappa shape index (κ2) is 6.94. The fraction of sp³-hybridized carbons (Fsp3) is 0.667. The van der Waals surface area contributed by atoms with Crippen LogP contribution in [0.5, 0.6) is 0 Å². The van der Waals surface area contributed by atoms with Gasteiger partial charge in [0.1, 0.15) is 12.2 Å². The highest BCUT2D eigenvalue weighted by molar-refractivity contribution is 5.75. The number of nitrogens with one attached hydrogen (secondary N) is 2. The molecule has 0 atom stereocenters. The van der Waals surface area contributed by atoms with Crippen molar-refractivity contribution < 1.29 is 9.53 Å². The van der Waals surface area contributed by atoms with Crippen LogP contribution in [0, 0.1) is 0 Å². The van der Waals surface area contributed by atoms with Crippen molar-refractivity contribution in [2.24, 2.45) is 0 Å². The fourth-order valence-corrected chi connectivity index (χ4v) is 1.07. The molecule has 0 saturated carbocycles. The van der Waals surface area contributed by atoms with E-state index in [1.165, 1.54) is 6.33 Å². The van der Waals surface area contributed by atoms with Crippen LogP contribution in [0.1, 0.15) is 19.2 Å². The van der Waals surface area contributed by atoms with Gasteiger partial charge in [-0.05, 0) is 6.92 Å². The lowest BCUT2D eigenvalue weighted by atomic mass is 10.3. The molecule has 1 aromatic rings. The molecule has 2 N–H and O–H groups in total. The Morgan fingerprint density at radius 1 is 1.67 bits per heavy atom. The molecule has 1 heterocycles. The van der Waals surface area contributed by atoms with Gasteiger partial charge >= 0.3 is 0 Å². The van der Waals surface area contributed by atoms with E-state index < -0.39 is 0 Å². The summed E-state index contributed by atoms with van der Waals surface area (Å²) in [6, 6.07) is 0. The van der Waals surface area contributed by atoms with Crippen LogP contribution in [0.25, 0.3) is 0 Å². The number of nitrogens with zero attached hydrogens (tertiary/aromatic N) is 2. The quantitative estimate of drug-likeness (QED) is 0.618. The molecule has 0 aromatic carbocycles. The number of hydrogen-bond donors (Lipinski definition) is 2. The summed E-state index contributed by atoms with van der Waals surface area (Å²) in [5.41, 5.74) is 0. The molecule has 84 valence electrons. The fourth-order valence-electron chi connectivity index (χ4n) is 1.07. The Bertz CT molecular complexity index is 274. The van der Waals surface area contributed by atoms with Crippen molar-refractivity contribution in [3.63, 3.8) is 0 Å². The monoisotopic (exact) mass is 212 g/mol. The molecule has 0 fully saturated rings. The van der Waals surface area contributed by atoms with Gasteiger partial charge in [0.25, 0.3) is 0 Å². The van der Waals surface area contributed by atoms with Crippen LogP contribution >= 0.6 is 0 Å². The van der Waals surface area contributed by atoms with Crippen LogP contribution in [0.15, 0.2) is 6.33 Å². The maximum atomic E-state index is 11.2. The predicted molar refractivity (Wildman–Crippen MR) is 54.2 cm³/mol. The standard InChI is InChI=1S/C9H16N4O2/c1-2-15-6-4-9(14)10-5-3-8-11-7-12-13-8/h7H,2-6H2,1H3,(H,10,14)(H,11,12,13). The zero-order valence-electron chi connectivity index (χ0n) is 8.82. The van der Waals surface area contributed by atoms with E-state index in [0.717, 1.165) is 5.82 Å². The summed E-state index contributed by atoms with van der Waals surface area (Å²) in [5, 5.41) is 9.21. The molecule has 0 bridgehead atoms. The zero-order valence-corrected chi connectivity index (χ0v) is 8.82. The molecule has 0 spiro atoms. The van der Waals surface area contributed by atoms with Gasteiger partial charge in [-0.2, -0.15) is 5.10 Å². The summed E-state index contributed by atoms with van der Waals surface area (Å²) in [6.07, 6.45) is 2.52. The van der Waals surface area contributed by atoms with Crippen molar-refractivity contribution in [1.29, 1.82) is 0 Å². The maximum Gasteiger partial charge on any atom is 0.222 e. The van der Waals surface area contributed by atoms with Crippen LogP contribution in [0.3, 0.4) is 0 Å². The predicted octanol–water partition coefficient (Wildman–Crippen LogP) is -0.110. The third-order valence-corrected chi connectivity index (χ3v) is 1.83. The SMILES string of the molecule is CCOCCC(=O)NCCc1ncn[nH]1. The second-order valence-electron chi connectivity index (χ2n) is 2.98. The summed E-state index contributed by atoms with van der Waals surface area (Å²) in [7, 11) is 0. The van der Waals surface area contributed by atoms with E-state index in [1.54, 1.807) is 0 Å². The van der Waals surface area contributed by atoms with Crippen molar-refractivity contribution in [3.8, 4) is 0 Å². The Hall–Kier alpha value is -1.43. The van der Waals surface area contributed by atoms with Crippen LogP contribution in [0.2, 0.25) is 0 Å². The van der Waals surface area contributed by atoms with Crippen molar-refractivity contribution in [3.05, 3.63) is 12.2 Å². The van der Waals surface area contributed by atoms with Crippen molar-refractivity contribution in [2.45, 2.75) is 19.8 Å². The number of ether oxygens (including phenoxy) is 1. The topological polar surface area (TPSA) is 79.9 Å². The Kier molecular flexibility index (Phi) is 5.39. The number of aromatic nitrogens is 3. The van der Waals surface area contributed by atoms with Gasteiger partial charge in [-0.3, -0.25) is 9.89 Å². The summed E-state index contributed by atoms with van der Waals surface area (Å²) in [6.45, 7) is 3.60. The van der Waals surface area contributed by atoms with Gasteiger partial charge < -0.3 is 10.1 Å². The summed E-state index contributed by atoms with van der Waals surface area (Å²) < 4.78 is 5.07. The lowest BCUT2D eigenvalue weighted by Crippen LogP contribution is -2.26. The number of amides is 1. The first-order valence-electron chi connectivity index (χ1n) is 5.01. The average Bonchev–Trinajstić information content (AvgIpc) is 2.71. The lowest BCUT2D eigenvalue weighted by molar-refractivity contribution is -0.122. The largest absolute Gasteiger partial charge is 0.381 e. The molecule has 0 aliphatic rings. The van der Waals surface area contributed by atoms with E-state index in [-0.39, 0.29) is 5.91 Å². The minimum Gasteiger partial charge on any atom is -0.381 e. The first-order chi connectivity index (χ1) is 7.33.